The highest BCUT2D eigenvalue weighted by Crippen LogP contribution is 2.38. The maximum atomic E-state index is 14.3. The van der Waals surface area contributed by atoms with Crippen molar-refractivity contribution in [3.8, 4) is 0 Å². The van der Waals surface area contributed by atoms with Crippen LogP contribution < -0.4 is 0 Å². The first-order valence-corrected chi connectivity index (χ1v) is 19.5. The SMILES string of the molecule is CCCCCCCN1CCC([C@@H](O)[C@H]2COC(=O)C(C)(C)C(=O)[C@H](C)[C@@H](OC3OC(C)CC(N(C)C)C3O)[C@](C)(OC)C[C@@H](C)CN2C)CC1. The number of ketones is 1. The van der Waals surface area contributed by atoms with Crippen LogP contribution in [0.2, 0.25) is 0 Å². The molecular formula is C39H73N3O8. The van der Waals surface area contributed by atoms with Crippen molar-refractivity contribution in [2.45, 2.75) is 155 Å². The van der Waals surface area contributed by atoms with Crippen LogP contribution in [0.5, 0.6) is 0 Å². The molecule has 0 amide bonds. The van der Waals surface area contributed by atoms with Crippen molar-refractivity contribution in [1.82, 2.24) is 14.7 Å². The van der Waals surface area contributed by atoms with Crippen molar-refractivity contribution in [3.63, 3.8) is 0 Å². The van der Waals surface area contributed by atoms with Gasteiger partial charge >= 0.3 is 5.97 Å². The van der Waals surface area contributed by atoms with Crippen molar-refractivity contribution in [3.05, 3.63) is 0 Å². The molecule has 3 saturated heterocycles. The Bertz CT molecular complexity index is 1050. The highest BCUT2D eigenvalue weighted by Gasteiger charge is 2.51. The maximum absolute atomic E-state index is 14.3. The molecule has 0 spiro atoms. The van der Waals surface area contributed by atoms with Gasteiger partial charge in [0.2, 0.25) is 0 Å². The van der Waals surface area contributed by atoms with E-state index in [-0.39, 0.29) is 36.4 Å². The number of hydrogen-bond acceptors (Lipinski definition) is 11. The summed E-state index contributed by atoms with van der Waals surface area (Å²) in [5, 5.41) is 23.2. The van der Waals surface area contributed by atoms with Crippen LogP contribution in [-0.2, 0) is 28.5 Å². The Morgan fingerprint density at radius 3 is 2.28 bits per heavy atom. The molecule has 3 fully saturated rings. The molecule has 0 aromatic rings. The molecule has 3 heterocycles. The predicted molar refractivity (Wildman–Crippen MR) is 196 cm³/mol. The predicted octanol–water partition coefficient (Wildman–Crippen LogP) is 4.36. The lowest BCUT2D eigenvalue weighted by molar-refractivity contribution is -0.295. The number of aliphatic hydroxyl groups is 2. The number of unbranched alkanes of at least 4 members (excludes halogenated alkanes) is 4. The van der Waals surface area contributed by atoms with E-state index in [1.165, 1.54) is 32.1 Å². The van der Waals surface area contributed by atoms with E-state index >= 15 is 0 Å². The first-order chi connectivity index (χ1) is 23.5. The van der Waals surface area contributed by atoms with Gasteiger partial charge in [0.15, 0.2) is 12.1 Å². The second-order valence-corrected chi connectivity index (χ2v) is 16.9. The van der Waals surface area contributed by atoms with Gasteiger partial charge in [-0.2, -0.15) is 0 Å². The van der Waals surface area contributed by atoms with E-state index in [0.29, 0.717) is 19.4 Å². The Hall–Kier alpha value is -1.18. The summed E-state index contributed by atoms with van der Waals surface area (Å²) in [7, 11) is 7.44. The molecule has 292 valence electrons. The Kier molecular flexibility index (Phi) is 16.6. The summed E-state index contributed by atoms with van der Waals surface area (Å²) < 4.78 is 25.0. The minimum absolute atomic E-state index is 0.000648. The molecule has 0 aromatic heterocycles. The Labute approximate surface area is 303 Å². The molecule has 0 aromatic carbocycles. The van der Waals surface area contributed by atoms with Crippen molar-refractivity contribution in [2.24, 2.45) is 23.2 Å². The van der Waals surface area contributed by atoms with E-state index < -0.39 is 53.5 Å². The van der Waals surface area contributed by atoms with Crippen LogP contribution in [0.3, 0.4) is 0 Å². The number of ether oxygens (including phenoxy) is 4. The number of likely N-dealkylation sites (tertiary alicyclic amines) is 1. The average Bonchev–Trinajstić information content (AvgIpc) is 3.07. The minimum Gasteiger partial charge on any atom is -0.463 e. The first-order valence-electron chi connectivity index (χ1n) is 19.5. The van der Waals surface area contributed by atoms with Crippen molar-refractivity contribution < 1.29 is 38.7 Å². The van der Waals surface area contributed by atoms with E-state index in [2.05, 4.69) is 23.6 Å². The van der Waals surface area contributed by atoms with E-state index in [4.69, 9.17) is 18.9 Å². The fourth-order valence-corrected chi connectivity index (χ4v) is 8.70. The lowest BCUT2D eigenvalue weighted by Crippen LogP contribution is -2.59. The molecule has 3 aliphatic heterocycles. The molecule has 11 heteroatoms. The summed E-state index contributed by atoms with van der Waals surface area (Å²) in [6, 6.07) is -0.615. The first kappa shape index (κ1) is 43.2. The van der Waals surface area contributed by atoms with Gasteiger partial charge in [0, 0.05) is 25.6 Å². The van der Waals surface area contributed by atoms with E-state index in [1.54, 1.807) is 27.9 Å². The van der Waals surface area contributed by atoms with E-state index in [1.807, 2.05) is 39.9 Å². The number of piperidine rings is 1. The van der Waals surface area contributed by atoms with Crippen LogP contribution in [-0.4, -0.2) is 146 Å². The van der Waals surface area contributed by atoms with Gasteiger partial charge in [-0.3, -0.25) is 14.5 Å². The lowest BCUT2D eigenvalue weighted by atomic mass is 9.74. The van der Waals surface area contributed by atoms with Gasteiger partial charge in [-0.05, 0) is 112 Å². The smallest absolute Gasteiger partial charge is 0.319 e. The zero-order valence-corrected chi connectivity index (χ0v) is 33.4. The molecule has 11 nitrogen and oxygen atoms in total. The molecular weight excluding hydrogens is 638 g/mol. The highest BCUT2D eigenvalue weighted by molar-refractivity contribution is 6.04. The van der Waals surface area contributed by atoms with Crippen molar-refractivity contribution >= 4 is 11.8 Å². The molecule has 4 unspecified atom stereocenters. The highest BCUT2D eigenvalue weighted by atomic mass is 16.7. The second kappa shape index (κ2) is 19.2. The number of Topliss-reactive ketones (excluding diaryl/α,β-unsaturated/α-hetero) is 1. The number of hydrogen-bond donors (Lipinski definition) is 2. The zero-order valence-electron chi connectivity index (χ0n) is 33.4. The lowest BCUT2D eigenvalue weighted by Gasteiger charge is -2.47. The number of carbonyl (C=O) groups excluding carboxylic acids is 2. The molecule has 0 aliphatic carbocycles. The molecule has 0 bridgehead atoms. The molecule has 3 aliphatic rings. The van der Waals surface area contributed by atoms with Gasteiger partial charge in [-0.25, -0.2) is 0 Å². The number of cyclic esters (lactones) is 1. The minimum atomic E-state index is -1.49. The molecule has 3 rings (SSSR count). The summed E-state index contributed by atoms with van der Waals surface area (Å²) in [5.74, 6) is -1.61. The quantitative estimate of drug-likeness (QED) is 0.171. The van der Waals surface area contributed by atoms with Gasteiger partial charge < -0.3 is 39.0 Å². The normalized spacial score (nSPS) is 36.8. The van der Waals surface area contributed by atoms with Gasteiger partial charge in [0.05, 0.1) is 30.0 Å². The summed E-state index contributed by atoms with van der Waals surface area (Å²) in [6.07, 6.45) is 5.66. The zero-order chi connectivity index (χ0) is 37.4. The number of likely N-dealkylation sites (N-methyl/N-ethyl adjacent to an activating group) is 2. The molecule has 50 heavy (non-hydrogen) atoms. The third-order valence-corrected chi connectivity index (χ3v) is 12.0. The summed E-state index contributed by atoms with van der Waals surface area (Å²) in [5.41, 5.74) is -2.46. The maximum Gasteiger partial charge on any atom is 0.319 e. The van der Waals surface area contributed by atoms with Crippen LogP contribution >= 0.6 is 0 Å². The van der Waals surface area contributed by atoms with Crippen LogP contribution in [0.25, 0.3) is 0 Å². The number of aliphatic hydroxyl groups excluding tert-OH is 2. The number of methoxy groups -OCH3 is 1. The number of rotatable bonds is 12. The third kappa shape index (κ3) is 10.9. The molecule has 10 atom stereocenters. The van der Waals surface area contributed by atoms with Crippen molar-refractivity contribution in [1.29, 1.82) is 0 Å². The molecule has 2 N–H and O–H groups in total. The molecule has 0 radical (unpaired) electrons. The number of carbonyl (C=O) groups is 2. The van der Waals surface area contributed by atoms with Gasteiger partial charge in [0.1, 0.15) is 18.1 Å². The summed E-state index contributed by atoms with van der Waals surface area (Å²) in [4.78, 5) is 34.7. The largest absolute Gasteiger partial charge is 0.463 e. The van der Waals surface area contributed by atoms with E-state index in [9.17, 15) is 19.8 Å². The second-order valence-electron chi connectivity index (χ2n) is 16.9. The summed E-state index contributed by atoms with van der Waals surface area (Å²) in [6.45, 7) is 16.9. The fourth-order valence-electron chi connectivity index (χ4n) is 8.70. The third-order valence-electron chi connectivity index (χ3n) is 12.0. The summed E-state index contributed by atoms with van der Waals surface area (Å²) >= 11 is 0. The number of esters is 1. The Balaban J connectivity index is 1.84. The van der Waals surface area contributed by atoms with Crippen LogP contribution in [0.15, 0.2) is 0 Å². The van der Waals surface area contributed by atoms with E-state index in [0.717, 1.165) is 32.5 Å². The van der Waals surface area contributed by atoms with Gasteiger partial charge in [-0.1, -0.05) is 46.5 Å². The number of nitrogens with zero attached hydrogens (tertiary/aromatic N) is 3. The van der Waals surface area contributed by atoms with Gasteiger partial charge in [0.25, 0.3) is 0 Å². The molecule has 0 saturated carbocycles. The van der Waals surface area contributed by atoms with Crippen LogP contribution in [0.4, 0.5) is 0 Å². The van der Waals surface area contributed by atoms with Gasteiger partial charge in [-0.15, -0.1) is 0 Å². The Morgan fingerprint density at radius 2 is 1.68 bits per heavy atom. The fraction of sp³-hybridized carbons (Fsp3) is 0.949. The topological polar surface area (TPSA) is 121 Å². The monoisotopic (exact) mass is 712 g/mol. The standard InChI is InChI=1S/C39H73N3O8/c1-12-13-14-15-16-19-42-20-17-29(18-21-42)32(43)31-25-48-37(46)38(5,6)34(45)28(4)35(39(7,47-11)23-26(2)24-41(31)10)50-36-33(44)30(40(8)9)22-27(3)49-36/h26-33,35-36,43-44H,12-25H2,1-11H3/t26-,27?,28+,30?,31-,32-,33?,35-,36?,39-/m1/s1. The van der Waals surface area contributed by atoms with Crippen LogP contribution in [0, 0.1) is 23.2 Å². The van der Waals surface area contributed by atoms with Crippen LogP contribution in [0.1, 0.15) is 106 Å². The average molecular weight is 712 g/mol. The Morgan fingerprint density at radius 1 is 1.04 bits per heavy atom. The van der Waals surface area contributed by atoms with Crippen molar-refractivity contribution in [2.75, 3.05) is 61.0 Å².